The Balaban J connectivity index is 1.23. The van der Waals surface area contributed by atoms with E-state index in [1.807, 2.05) is 6.07 Å². The monoisotopic (exact) mass is 476 g/mol. The van der Waals surface area contributed by atoms with Crippen LogP contribution in [0.25, 0.3) is 21.4 Å². The predicted molar refractivity (Wildman–Crippen MR) is 127 cm³/mol. The summed E-state index contributed by atoms with van der Waals surface area (Å²) in [6, 6.07) is 13.1. The average Bonchev–Trinajstić information content (AvgIpc) is 3.16. The van der Waals surface area contributed by atoms with E-state index >= 15 is 0 Å². The molecule has 2 aliphatic rings. The van der Waals surface area contributed by atoms with Crippen LogP contribution in [0.15, 0.2) is 59.2 Å². The summed E-state index contributed by atoms with van der Waals surface area (Å²) < 4.78 is 19.2. The molecule has 0 bridgehead atoms. The molecule has 172 valence electrons. The number of aromatic nitrogens is 1. The molecule has 2 aromatic carbocycles. The number of nitrogens with one attached hydrogen (secondary N) is 1. The Kier molecular flexibility index (Phi) is 4.88. The van der Waals surface area contributed by atoms with Crippen molar-refractivity contribution in [3.8, 4) is 10.4 Å². The summed E-state index contributed by atoms with van der Waals surface area (Å²) in [6.45, 7) is 0.955. The number of amides is 2. The van der Waals surface area contributed by atoms with Gasteiger partial charge in [-0.1, -0.05) is 29.5 Å². The van der Waals surface area contributed by atoms with Gasteiger partial charge in [-0.25, -0.2) is 9.37 Å². The van der Waals surface area contributed by atoms with Gasteiger partial charge in [-0.15, -0.1) is 0 Å². The van der Waals surface area contributed by atoms with Gasteiger partial charge >= 0.3 is 0 Å². The molecule has 6 rings (SSSR count). The van der Waals surface area contributed by atoms with Gasteiger partial charge in [0.1, 0.15) is 17.1 Å². The van der Waals surface area contributed by atoms with Crippen LogP contribution in [-0.4, -0.2) is 40.8 Å². The maximum Gasteiger partial charge on any atom is 0.274 e. The van der Waals surface area contributed by atoms with E-state index in [4.69, 9.17) is 10.2 Å². The summed E-state index contributed by atoms with van der Waals surface area (Å²) in [5.74, 6) is -0.0599. The van der Waals surface area contributed by atoms with E-state index < -0.39 is 5.82 Å². The molecule has 2 fully saturated rings. The summed E-state index contributed by atoms with van der Waals surface area (Å²) in [4.78, 5) is 33.1. The van der Waals surface area contributed by atoms with Crippen LogP contribution in [-0.2, 0) is 0 Å². The minimum absolute atomic E-state index is 0.131. The molecule has 1 saturated heterocycles. The number of nitrogen functional groups attached to an aromatic ring is 1. The number of piperidine rings is 1. The molecule has 0 radical (unpaired) electrons. The number of halogens is 1. The molecule has 1 saturated carbocycles. The largest absolute Gasteiger partial charge is 0.464 e. The lowest BCUT2D eigenvalue weighted by atomic mass is 10.1. The van der Waals surface area contributed by atoms with Gasteiger partial charge in [-0.3, -0.25) is 9.59 Å². The van der Waals surface area contributed by atoms with Gasteiger partial charge < -0.3 is 20.4 Å². The summed E-state index contributed by atoms with van der Waals surface area (Å²) in [7, 11) is 0. The second-order valence-electron chi connectivity index (χ2n) is 8.77. The number of likely N-dealkylation sites (tertiary alicyclic amines) is 1. The first-order valence-corrected chi connectivity index (χ1v) is 11.9. The fourth-order valence-electron chi connectivity index (χ4n) is 4.99. The van der Waals surface area contributed by atoms with Gasteiger partial charge in [0.05, 0.1) is 22.7 Å². The molecule has 0 spiro atoms. The maximum atomic E-state index is 13.8. The third kappa shape index (κ3) is 3.52. The van der Waals surface area contributed by atoms with E-state index in [1.165, 1.54) is 23.5 Å². The molecule has 0 unspecified atom stereocenters. The van der Waals surface area contributed by atoms with Crippen molar-refractivity contribution < 1.29 is 18.4 Å². The SMILES string of the molecule is Nc1nc(C(=O)N2C[C@H]3C[C@H]3[C@H]2CNC(=O)c2cccc3occc23)c(-c2cccc(F)c2)s1. The zero-order chi connectivity index (χ0) is 23.4. The highest BCUT2D eigenvalue weighted by Gasteiger charge is 2.54. The number of hydrogen-bond acceptors (Lipinski definition) is 6. The van der Waals surface area contributed by atoms with E-state index in [9.17, 15) is 14.0 Å². The molecular weight excluding hydrogens is 455 g/mol. The molecule has 2 aromatic heterocycles. The third-order valence-corrected chi connectivity index (χ3v) is 7.64. The van der Waals surface area contributed by atoms with Crippen molar-refractivity contribution in [2.45, 2.75) is 12.5 Å². The van der Waals surface area contributed by atoms with Gasteiger partial charge in [0, 0.05) is 18.5 Å². The summed E-state index contributed by atoms with van der Waals surface area (Å²) in [5.41, 5.74) is 7.93. The lowest BCUT2D eigenvalue weighted by molar-refractivity contribution is 0.0691. The lowest BCUT2D eigenvalue weighted by Gasteiger charge is -2.27. The van der Waals surface area contributed by atoms with Crippen LogP contribution < -0.4 is 11.1 Å². The number of nitrogens with two attached hydrogens (primary N) is 1. The van der Waals surface area contributed by atoms with Crippen LogP contribution in [0.1, 0.15) is 27.3 Å². The van der Waals surface area contributed by atoms with E-state index in [1.54, 1.807) is 41.5 Å². The number of fused-ring (bicyclic) bond motifs is 2. The minimum Gasteiger partial charge on any atom is -0.464 e. The molecule has 4 aromatic rings. The van der Waals surface area contributed by atoms with Gasteiger partial charge in [0.2, 0.25) is 0 Å². The summed E-state index contributed by atoms with van der Waals surface area (Å²) in [5, 5.41) is 4.01. The number of carbonyl (C=O) groups is 2. The topological polar surface area (TPSA) is 101 Å². The standard InChI is InChI=1S/C25H21FN4O3S/c26-15-4-1-3-13(9-15)22-21(29-25(27)34-22)24(32)30-12-14-10-18(14)19(30)11-28-23(31)17-5-2-6-20-16(17)7-8-33-20/h1-9,14,18-19H,10-12H2,(H2,27,29)(H,28,31)/t14-,18-,19-/m1/s1. The highest BCUT2D eigenvalue weighted by molar-refractivity contribution is 7.19. The molecule has 7 nitrogen and oxygen atoms in total. The number of hydrogen-bond donors (Lipinski definition) is 2. The van der Waals surface area contributed by atoms with Gasteiger partial charge in [0.25, 0.3) is 11.8 Å². The average molecular weight is 477 g/mol. The molecule has 3 heterocycles. The Morgan fingerprint density at radius 2 is 2.09 bits per heavy atom. The highest BCUT2D eigenvalue weighted by Crippen LogP contribution is 2.50. The zero-order valence-electron chi connectivity index (χ0n) is 18.0. The molecule has 9 heteroatoms. The van der Waals surface area contributed by atoms with Gasteiger partial charge in [-0.05, 0) is 54.2 Å². The van der Waals surface area contributed by atoms with Crippen LogP contribution in [0, 0.1) is 17.7 Å². The lowest BCUT2D eigenvalue weighted by Crippen LogP contribution is -2.45. The fourth-order valence-corrected chi connectivity index (χ4v) is 5.81. The number of nitrogens with zero attached hydrogens (tertiary/aromatic N) is 2. The smallest absolute Gasteiger partial charge is 0.274 e. The van der Waals surface area contributed by atoms with Crippen molar-refractivity contribution in [3.63, 3.8) is 0 Å². The maximum absolute atomic E-state index is 13.8. The van der Waals surface area contributed by atoms with E-state index in [0.29, 0.717) is 46.5 Å². The van der Waals surface area contributed by atoms with Crippen LogP contribution in [0.5, 0.6) is 0 Å². The Labute approximate surface area is 198 Å². The second kappa shape index (κ2) is 7.95. The van der Waals surface area contributed by atoms with Crippen molar-refractivity contribution in [3.05, 3.63) is 71.9 Å². The van der Waals surface area contributed by atoms with E-state index in [2.05, 4.69) is 10.3 Å². The Bertz CT molecular complexity index is 1430. The Morgan fingerprint density at radius 3 is 2.94 bits per heavy atom. The fraction of sp³-hybridized carbons (Fsp3) is 0.240. The Morgan fingerprint density at radius 1 is 1.24 bits per heavy atom. The van der Waals surface area contributed by atoms with E-state index in [0.717, 1.165) is 11.8 Å². The summed E-state index contributed by atoms with van der Waals surface area (Å²) >= 11 is 1.17. The van der Waals surface area contributed by atoms with Crippen LogP contribution in [0.2, 0.25) is 0 Å². The first-order chi connectivity index (χ1) is 16.5. The van der Waals surface area contributed by atoms with E-state index in [-0.39, 0.29) is 28.7 Å². The van der Waals surface area contributed by atoms with Gasteiger partial charge in [-0.2, -0.15) is 0 Å². The van der Waals surface area contributed by atoms with Crippen molar-refractivity contribution in [1.82, 2.24) is 15.2 Å². The molecule has 1 aliphatic heterocycles. The first-order valence-electron chi connectivity index (χ1n) is 11.1. The molecule has 3 atom stereocenters. The normalized spacial score (nSPS) is 21.0. The van der Waals surface area contributed by atoms with Gasteiger partial charge in [0.15, 0.2) is 5.13 Å². The molecule has 34 heavy (non-hydrogen) atoms. The van der Waals surface area contributed by atoms with Crippen LogP contribution >= 0.6 is 11.3 Å². The predicted octanol–water partition coefficient (Wildman–Crippen LogP) is 4.17. The highest BCUT2D eigenvalue weighted by atomic mass is 32.1. The van der Waals surface area contributed by atoms with Crippen molar-refractivity contribution >= 4 is 39.3 Å². The zero-order valence-corrected chi connectivity index (χ0v) is 18.8. The first kappa shape index (κ1) is 20.9. The molecule has 2 amide bonds. The second-order valence-corrected chi connectivity index (χ2v) is 9.80. The number of furan rings is 1. The number of rotatable bonds is 5. The number of carbonyl (C=O) groups excluding carboxylic acids is 2. The number of benzene rings is 2. The molecule has 3 N–H and O–H groups in total. The van der Waals surface area contributed by atoms with Crippen molar-refractivity contribution in [2.75, 3.05) is 18.8 Å². The Hall–Kier alpha value is -3.72. The molecular formula is C25H21FN4O3S. The van der Waals surface area contributed by atoms with Crippen LogP contribution in [0.4, 0.5) is 9.52 Å². The summed E-state index contributed by atoms with van der Waals surface area (Å²) in [6.07, 6.45) is 2.60. The van der Waals surface area contributed by atoms with Crippen LogP contribution in [0.3, 0.4) is 0 Å². The number of anilines is 1. The van der Waals surface area contributed by atoms with Crippen molar-refractivity contribution in [1.29, 1.82) is 0 Å². The quantitative estimate of drug-likeness (QED) is 0.450. The minimum atomic E-state index is -0.390. The third-order valence-electron chi connectivity index (χ3n) is 6.71. The number of thiazole rings is 1. The van der Waals surface area contributed by atoms with Crippen molar-refractivity contribution in [2.24, 2.45) is 11.8 Å². The molecule has 1 aliphatic carbocycles.